The van der Waals surface area contributed by atoms with Crippen molar-refractivity contribution in [2.45, 2.75) is 221 Å². The van der Waals surface area contributed by atoms with Crippen LogP contribution in [0.3, 0.4) is 0 Å². The molecule has 0 fully saturated rings. The number of carbonyl (C=O) groups is 5. The molecule has 2 atom stereocenters. The molecule has 0 aliphatic rings. The van der Waals surface area contributed by atoms with Gasteiger partial charge in [0.25, 0.3) is 0 Å². The first-order valence-corrected chi connectivity index (χ1v) is 25.6. The molecular weight excluding hydrogens is 765 g/mol. The van der Waals surface area contributed by atoms with Crippen molar-refractivity contribution in [3.05, 3.63) is 0 Å². The Labute approximate surface area is 375 Å². The second-order valence-electron chi connectivity index (χ2n) is 18.0. The van der Waals surface area contributed by atoms with E-state index in [2.05, 4.69) is 41.5 Å². The van der Waals surface area contributed by atoms with Crippen molar-refractivity contribution < 1.29 is 24.0 Å². The number of hydrogen-bond acceptors (Lipinski definition) is 6. The summed E-state index contributed by atoms with van der Waals surface area (Å²) in [5, 5.41) is 0. The van der Waals surface area contributed by atoms with Crippen LogP contribution in [0, 0.1) is 11.8 Å². The molecule has 0 aromatic carbocycles. The van der Waals surface area contributed by atoms with Crippen molar-refractivity contribution in [3.8, 4) is 0 Å². The van der Waals surface area contributed by atoms with Crippen molar-refractivity contribution in [3.63, 3.8) is 0 Å². The van der Waals surface area contributed by atoms with Crippen molar-refractivity contribution in [2.24, 2.45) is 23.3 Å². The van der Waals surface area contributed by atoms with Gasteiger partial charge in [0, 0.05) is 32.6 Å². The topological polar surface area (TPSA) is 150 Å². The Kier molecular flexibility index (Phi) is 38.3. The summed E-state index contributed by atoms with van der Waals surface area (Å²) in [6.45, 7) is 14.8. The number of rotatable bonds is 43. The van der Waals surface area contributed by atoms with E-state index in [1.165, 1.54) is 57.8 Å². The van der Waals surface area contributed by atoms with Gasteiger partial charge in [0.2, 0.25) is 29.5 Å². The number of primary amides is 1. The second-order valence-corrected chi connectivity index (χ2v) is 18.0. The van der Waals surface area contributed by atoms with E-state index >= 15 is 0 Å². The zero-order chi connectivity index (χ0) is 45.5. The highest BCUT2D eigenvalue weighted by molar-refractivity contribution is 5.91. The fourth-order valence-corrected chi connectivity index (χ4v) is 8.16. The van der Waals surface area contributed by atoms with Crippen LogP contribution in [0.5, 0.6) is 0 Å². The van der Waals surface area contributed by atoms with E-state index in [-0.39, 0.29) is 61.6 Å². The molecule has 2 unspecified atom stereocenters. The fourth-order valence-electron chi connectivity index (χ4n) is 8.16. The van der Waals surface area contributed by atoms with Crippen molar-refractivity contribution in [1.82, 2.24) is 19.6 Å². The van der Waals surface area contributed by atoms with Gasteiger partial charge in [-0.3, -0.25) is 24.0 Å². The molecule has 0 aromatic rings. The maximum absolute atomic E-state index is 14.5. The summed E-state index contributed by atoms with van der Waals surface area (Å²) in [6, 6.07) is 0. The maximum Gasteiger partial charge on any atom is 0.242 e. The van der Waals surface area contributed by atoms with E-state index in [1.54, 1.807) is 19.6 Å². The predicted molar refractivity (Wildman–Crippen MR) is 255 cm³/mol. The van der Waals surface area contributed by atoms with Gasteiger partial charge < -0.3 is 31.1 Å². The molecule has 11 heteroatoms. The SMILES string of the molecule is CCCCCCCCCCN(CC(=O)N(CC(=O)N(CCCCCCCCCC)CC(=O)N(CC(N)=O)CC(CC)CCCC)CC(CC)CCCC)C(=O)CCCCCN. The van der Waals surface area contributed by atoms with Gasteiger partial charge >= 0.3 is 0 Å². The summed E-state index contributed by atoms with van der Waals surface area (Å²) in [5.74, 6) is -0.904. The minimum absolute atomic E-state index is 0.0154. The van der Waals surface area contributed by atoms with Crippen molar-refractivity contribution in [1.29, 1.82) is 0 Å². The third-order valence-electron chi connectivity index (χ3n) is 12.4. The summed E-state index contributed by atoms with van der Waals surface area (Å²) in [5.41, 5.74) is 11.4. The summed E-state index contributed by atoms with van der Waals surface area (Å²) in [7, 11) is 0. The molecule has 0 heterocycles. The normalized spacial score (nSPS) is 12.2. The first-order chi connectivity index (χ1) is 29.5. The maximum atomic E-state index is 14.5. The van der Waals surface area contributed by atoms with Crippen LogP contribution in [0.25, 0.3) is 0 Å². The number of carbonyl (C=O) groups excluding carboxylic acids is 5. The first-order valence-electron chi connectivity index (χ1n) is 25.6. The molecule has 0 radical (unpaired) electrons. The van der Waals surface area contributed by atoms with E-state index in [1.807, 2.05) is 0 Å². The van der Waals surface area contributed by atoms with Gasteiger partial charge in [-0.2, -0.15) is 0 Å². The lowest BCUT2D eigenvalue weighted by Gasteiger charge is -2.33. The van der Waals surface area contributed by atoms with E-state index < -0.39 is 5.91 Å². The van der Waals surface area contributed by atoms with Gasteiger partial charge in [-0.1, -0.05) is 176 Å². The van der Waals surface area contributed by atoms with Crippen LogP contribution in [0.2, 0.25) is 0 Å². The molecule has 11 nitrogen and oxygen atoms in total. The molecule has 0 saturated carbocycles. The highest BCUT2D eigenvalue weighted by atomic mass is 16.2. The summed E-state index contributed by atoms with van der Waals surface area (Å²) in [6.07, 6.45) is 28.6. The van der Waals surface area contributed by atoms with Gasteiger partial charge in [-0.15, -0.1) is 0 Å². The minimum Gasteiger partial charge on any atom is -0.368 e. The van der Waals surface area contributed by atoms with Crippen LogP contribution in [0.1, 0.15) is 221 Å². The van der Waals surface area contributed by atoms with Gasteiger partial charge in [0.1, 0.15) is 0 Å². The number of nitrogens with zero attached hydrogens (tertiary/aromatic N) is 4. The average Bonchev–Trinajstić information content (AvgIpc) is 3.24. The Morgan fingerprint density at radius 1 is 0.393 bits per heavy atom. The number of unbranched alkanes of at least 4 members (excludes halogenated alkanes) is 18. The van der Waals surface area contributed by atoms with Crippen LogP contribution >= 0.6 is 0 Å². The molecule has 0 rings (SSSR count). The third kappa shape index (κ3) is 30.9. The Hall–Kier alpha value is -2.69. The monoisotopic (exact) mass is 863 g/mol. The average molecular weight is 863 g/mol. The molecule has 61 heavy (non-hydrogen) atoms. The van der Waals surface area contributed by atoms with E-state index in [0.29, 0.717) is 39.1 Å². The van der Waals surface area contributed by atoms with Gasteiger partial charge in [-0.25, -0.2) is 0 Å². The highest BCUT2D eigenvalue weighted by Crippen LogP contribution is 2.18. The van der Waals surface area contributed by atoms with E-state index in [0.717, 1.165) is 116 Å². The lowest BCUT2D eigenvalue weighted by atomic mass is 9.98. The summed E-state index contributed by atoms with van der Waals surface area (Å²) >= 11 is 0. The van der Waals surface area contributed by atoms with Crippen LogP contribution in [0.4, 0.5) is 0 Å². The largest absolute Gasteiger partial charge is 0.368 e. The van der Waals surface area contributed by atoms with Gasteiger partial charge in [0.05, 0.1) is 26.2 Å². The standard InChI is InChI=1S/C50H98N6O5/c1-7-13-17-19-21-23-25-30-36-53(47(58)34-28-27-29-35-51)41-50(61)56(39-45(12-6)33-16-10-4)43-48(59)54(37-31-26-24-22-20-18-14-8-2)42-49(60)55(40-46(52)57)38-44(11-5)32-15-9-3/h44-45H,7-43,51H2,1-6H3,(H2,52,57). The molecule has 5 amide bonds. The Balaban J connectivity index is 6.43. The molecule has 0 bridgehead atoms. The van der Waals surface area contributed by atoms with E-state index in [4.69, 9.17) is 11.5 Å². The zero-order valence-electron chi connectivity index (χ0n) is 40.8. The van der Waals surface area contributed by atoms with Crippen LogP contribution in [0.15, 0.2) is 0 Å². The molecule has 0 aromatic heterocycles. The Morgan fingerprint density at radius 3 is 1.13 bits per heavy atom. The van der Waals surface area contributed by atoms with Crippen LogP contribution in [-0.2, 0) is 24.0 Å². The van der Waals surface area contributed by atoms with Gasteiger partial charge in [-0.05, 0) is 56.9 Å². The lowest BCUT2D eigenvalue weighted by molar-refractivity contribution is -0.147. The van der Waals surface area contributed by atoms with E-state index in [9.17, 15) is 24.0 Å². The minimum atomic E-state index is -0.570. The molecule has 0 saturated heterocycles. The second kappa shape index (κ2) is 40.1. The van der Waals surface area contributed by atoms with Crippen molar-refractivity contribution >= 4 is 29.5 Å². The quantitative estimate of drug-likeness (QED) is 0.0583. The van der Waals surface area contributed by atoms with Crippen LogP contribution < -0.4 is 11.5 Å². The van der Waals surface area contributed by atoms with Crippen LogP contribution in [-0.4, -0.2) is 108 Å². The highest BCUT2D eigenvalue weighted by Gasteiger charge is 2.29. The fraction of sp³-hybridized carbons (Fsp3) is 0.900. The molecular formula is C50H98N6O5. The number of nitrogens with two attached hydrogens (primary N) is 2. The Morgan fingerprint density at radius 2 is 0.738 bits per heavy atom. The zero-order valence-corrected chi connectivity index (χ0v) is 40.8. The Bertz CT molecular complexity index is 1120. The smallest absolute Gasteiger partial charge is 0.242 e. The molecule has 0 spiro atoms. The molecule has 0 aliphatic heterocycles. The molecule has 4 N–H and O–H groups in total. The van der Waals surface area contributed by atoms with Gasteiger partial charge in [0.15, 0.2) is 0 Å². The predicted octanol–water partition coefficient (Wildman–Crippen LogP) is 10.0. The number of hydrogen-bond donors (Lipinski definition) is 2. The third-order valence-corrected chi connectivity index (χ3v) is 12.4. The summed E-state index contributed by atoms with van der Waals surface area (Å²) in [4.78, 5) is 75.6. The first kappa shape index (κ1) is 58.3. The lowest BCUT2D eigenvalue weighted by Crippen LogP contribution is -2.51. The molecule has 0 aliphatic carbocycles. The number of amides is 5. The van der Waals surface area contributed by atoms with Crippen molar-refractivity contribution in [2.75, 3.05) is 58.9 Å². The summed E-state index contributed by atoms with van der Waals surface area (Å²) < 4.78 is 0. The molecule has 358 valence electrons.